The maximum absolute atomic E-state index is 10.1. The summed E-state index contributed by atoms with van der Waals surface area (Å²) in [5.74, 6) is 8.38. The average Bonchev–Trinajstić information content (AvgIpc) is 2.41. The first-order chi connectivity index (χ1) is 10.6. The molecule has 0 saturated heterocycles. The Labute approximate surface area is 136 Å². The Hall–Kier alpha value is -0.0400. The molecule has 8 bridgehead atoms. The average molecular weight is 303 g/mol. The van der Waals surface area contributed by atoms with Crippen LogP contribution in [0.4, 0.5) is 0 Å². The van der Waals surface area contributed by atoms with Crippen LogP contribution in [0.25, 0.3) is 0 Å². The lowest BCUT2D eigenvalue weighted by Gasteiger charge is -2.54. The second-order valence-corrected chi connectivity index (χ2v) is 10.4. The monoisotopic (exact) mass is 302 g/mol. The molecule has 0 aromatic rings. The molecule has 1 nitrogen and oxygen atoms in total. The van der Waals surface area contributed by atoms with Gasteiger partial charge >= 0.3 is 0 Å². The van der Waals surface area contributed by atoms with Crippen molar-refractivity contribution in [3.63, 3.8) is 0 Å². The summed E-state index contributed by atoms with van der Waals surface area (Å²) < 4.78 is 0. The second-order valence-electron chi connectivity index (χ2n) is 10.4. The lowest BCUT2D eigenvalue weighted by molar-refractivity contribution is -0.124. The quantitative estimate of drug-likeness (QED) is 0.665. The molecule has 124 valence electrons. The van der Waals surface area contributed by atoms with E-state index in [9.17, 15) is 5.11 Å². The largest absolute Gasteiger partial charge is 0.390 e. The number of rotatable bonds is 0. The van der Waals surface area contributed by atoms with Gasteiger partial charge in [0.05, 0.1) is 5.60 Å². The molecule has 0 heterocycles. The zero-order valence-corrected chi connectivity index (χ0v) is 14.3. The fourth-order valence-electron chi connectivity index (χ4n) is 8.26. The summed E-state index contributed by atoms with van der Waals surface area (Å²) in [4.78, 5) is 0. The Kier molecular flexibility index (Phi) is 3.24. The summed E-state index contributed by atoms with van der Waals surface area (Å²) in [6.45, 7) is 2.51. The molecule has 0 radical (unpaired) electrons. The minimum atomic E-state index is -0.200. The van der Waals surface area contributed by atoms with E-state index in [-0.39, 0.29) is 5.60 Å². The van der Waals surface area contributed by atoms with Crippen LogP contribution in [-0.2, 0) is 0 Å². The van der Waals surface area contributed by atoms with E-state index in [1.165, 1.54) is 19.3 Å². The highest BCUT2D eigenvalue weighted by Crippen LogP contribution is 2.56. The standard InChI is InChI=1S/C11H18.C10H16O/c1-7-10-3-8-2-9(5-10)6-11(7)4-8;11-10-4-7-1-8(5-10)3-9(2-7)6-10/h7-11H,2-6H2,1H3;7-9,11H,1-6H2. The van der Waals surface area contributed by atoms with Crippen LogP contribution in [0.3, 0.4) is 0 Å². The molecule has 8 fully saturated rings. The van der Waals surface area contributed by atoms with Gasteiger partial charge in [-0.3, -0.25) is 0 Å². The van der Waals surface area contributed by atoms with Gasteiger partial charge in [0.15, 0.2) is 0 Å². The fourth-order valence-corrected chi connectivity index (χ4v) is 8.26. The van der Waals surface area contributed by atoms with Crippen LogP contribution in [0.5, 0.6) is 0 Å². The maximum Gasteiger partial charge on any atom is 0.0655 e. The van der Waals surface area contributed by atoms with Crippen molar-refractivity contribution in [3.05, 3.63) is 0 Å². The van der Waals surface area contributed by atoms with Crippen molar-refractivity contribution in [2.24, 2.45) is 47.3 Å². The van der Waals surface area contributed by atoms with Crippen LogP contribution >= 0.6 is 0 Å². The van der Waals surface area contributed by atoms with Crippen LogP contribution in [0, 0.1) is 47.3 Å². The number of aliphatic hydroxyl groups is 1. The minimum Gasteiger partial charge on any atom is -0.390 e. The molecule has 0 unspecified atom stereocenters. The normalized spacial score (nSPS) is 60.3. The Morgan fingerprint density at radius 2 is 0.955 bits per heavy atom. The zero-order valence-electron chi connectivity index (χ0n) is 14.3. The van der Waals surface area contributed by atoms with Gasteiger partial charge in [0, 0.05) is 0 Å². The Balaban J connectivity index is 0.000000102. The van der Waals surface area contributed by atoms with E-state index in [0.29, 0.717) is 0 Å². The lowest BCUT2D eigenvalue weighted by Crippen LogP contribution is -2.50. The number of hydrogen-bond donors (Lipinski definition) is 1. The number of hydrogen-bond acceptors (Lipinski definition) is 1. The summed E-state index contributed by atoms with van der Waals surface area (Å²) in [5, 5.41) is 10.1. The highest BCUT2D eigenvalue weighted by atomic mass is 16.3. The second kappa shape index (κ2) is 4.98. The van der Waals surface area contributed by atoms with Gasteiger partial charge in [-0.25, -0.2) is 0 Å². The van der Waals surface area contributed by atoms with E-state index < -0.39 is 0 Å². The predicted octanol–water partition coefficient (Wildman–Crippen LogP) is 5.03. The third kappa shape index (κ3) is 2.38. The van der Waals surface area contributed by atoms with Crippen molar-refractivity contribution in [1.29, 1.82) is 0 Å². The molecule has 1 N–H and O–H groups in total. The highest BCUT2D eigenvalue weighted by molar-refractivity contribution is 5.01. The Morgan fingerprint density at radius 1 is 0.591 bits per heavy atom. The van der Waals surface area contributed by atoms with E-state index >= 15 is 0 Å². The van der Waals surface area contributed by atoms with Gasteiger partial charge in [0.25, 0.3) is 0 Å². The molecule has 0 spiro atoms. The van der Waals surface area contributed by atoms with E-state index in [1.54, 1.807) is 32.1 Å². The van der Waals surface area contributed by atoms with Gasteiger partial charge in [0.1, 0.15) is 0 Å². The van der Waals surface area contributed by atoms with E-state index in [0.717, 1.165) is 66.6 Å². The van der Waals surface area contributed by atoms with Crippen molar-refractivity contribution in [2.75, 3.05) is 0 Å². The van der Waals surface area contributed by atoms with E-state index in [4.69, 9.17) is 0 Å². The molecule has 0 aliphatic heterocycles. The summed E-state index contributed by atoms with van der Waals surface area (Å²) >= 11 is 0. The predicted molar refractivity (Wildman–Crippen MR) is 89.3 cm³/mol. The minimum absolute atomic E-state index is 0.200. The van der Waals surface area contributed by atoms with Crippen LogP contribution in [-0.4, -0.2) is 10.7 Å². The van der Waals surface area contributed by atoms with Crippen LogP contribution in [0.1, 0.15) is 77.6 Å². The molecule has 8 saturated carbocycles. The molecule has 0 aromatic heterocycles. The molecule has 8 rings (SSSR count). The van der Waals surface area contributed by atoms with Crippen molar-refractivity contribution >= 4 is 0 Å². The van der Waals surface area contributed by atoms with Gasteiger partial charge in [-0.05, 0) is 118 Å². The smallest absolute Gasteiger partial charge is 0.0655 e. The molecule has 0 atom stereocenters. The highest BCUT2D eigenvalue weighted by Gasteiger charge is 2.50. The van der Waals surface area contributed by atoms with Crippen molar-refractivity contribution in [3.8, 4) is 0 Å². The Bertz CT molecular complexity index is 376. The third-order valence-corrected chi connectivity index (χ3v) is 8.70. The molecule has 8 aliphatic carbocycles. The molecule has 8 aliphatic rings. The first kappa shape index (κ1) is 14.3. The first-order valence-electron chi connectivity index (χ1n) is 10.3. The van der Waals surface area contributed by atoms with Crippen LogP contribution < -0.4 is 0 Å². The van der Waals surface area contributed by atoms with Gasteiger partial charge < -0.3 is 5.11 Å². The summed E-state index contributed by atoms with van der Waals surface area (Å²) in [5.41, 5.74) is -0.200. The molecule has 0 amide bonds. The van der Waals surface area contributed by atoms with Gasteiger partial charge in [-0.2, -0.15) is 0 Å². The molecular weight excluding hydrogens is 268 g/mol. The molecule has 0 aromatic carbocycles. The molecular formula is C21H34O. The van der Waals surface area contributed by atoms with Gasteiger partial charge in [-0.15, -0.1) is 0 Å². The van der Waals surface area contributed by atoms with Crippen molar-refractivity contribution in [1.82, 2.24) is 0 Å². The Morgan fingerprint density at radius 3 is 1.32 bits per heavy atom. The zero-order chi connectivity index (χ0) is 14.9. The summed E-state index contributed by atoms with van der Waals surface area (Å²) in [6, 6.07) is 0. The SMILES string of the molecule is CC1C2CC3CC(C2)CC1C3.OC12CC3CC(CC(C3)C1)C2. The van der Waals surface area contributed by atoms with Gasteiger partial charge in [0.2, 0.25) is 0 Å². The molecule has 22 heavy (non-hydrogen) atoms. The van der Waals surface area contributed by atoms with Crippen molar-refractivity contribution < 1.29 is 5.11 Å². The maximum atomic E-state index is 10.1. The summed E-state index contributed by atoms with van der Waals surface area (Å²) in [7, 11) is 0. The van der Waals surface area contributed by atoms with Crippen molar-refractivity contribution in [2.45, 2.75) is 83.2 Å². The van der Waals surface area contributed by atoms with E-state index in [2.05, 4.69) is 6.92 Å². The van der Waals surface area contributed by atoms with Crippen LogP contribution in [0.15, 0.2) is 0 Å². The third-order valence-electron chi connectivity index (χ3n) is 8.70. The van der Waals surface area contributed by atoms with Crippen LogP contribution in [0.2, 0.25) is 0 Å². The molecule has 1 heteroatoms. The van der Waals surface area contributed by atoms with Gasteiger partial charge in [-0.1, -0.05) is 6.92 Å². The fraction of sp³-hybridized carbons (Fsp3) is 1.00. The summed E-state index contributed by atoms with van der Waals surface area (Å²) in [6.07, 6.45) is 15.6. The first-order valence-corrected chi connectivity index (χ1v) is 10.3. The topological polar surface area (TPSA) is 20.2 Å². The van der Waals surface area contributed by atoms with E-state index in [1.807, 2.05) is 0 Å². The lowest BCUT2D eigenvalue weighted by atomic mass is 9.52.